The van der Waals surface area contributed by atoms with Crippen molar-refractivity contribution >= 4 is 16.9 Å². The van der Waals surface area contributed by atoms with Gasteiger partial charge in [0, 0.05) is 18.9 Å². The van der Waals surface area contributed by atoms with Gasteiger partial charge in [0.2, 0.25) is 5.91 Å². The number of furan rings is 1. The second-order valence-electron chi connectivity index (χ2n) is 5.47. The fraction of sp³-hybridized carbons (Fsp3) is 0.438. The Bertz CT molecular complexity index is 538. The van der Waals surface area contributed by atoms with Gasteiger partial charge in [-0.05, 0) is 25.0 Å². The van der Waals surface area contributed by atoms with Crippen molar-refractivity contribution in [3.05, 3.63) is 36.1 Å². The highest BCUT2D eigenvalue weighted by Crippen LogP contribution is 2.27. The third-order valence-corrected chi connectivity index (χ3v) is 3.41. The third kappa shape index (κ3) is 2.98. The Morgan fingerprint density at radius 1 is 1.26 bits per heavy atom. The Labute approximate surface area is 114 Å². The molecule has 102 valence electrons. The molecule has 0 saturated carbocycles. The van der Waals surface area contributed by atoms with E-state index in [1.165, 1.54) is 0 Å². The molecule has 0 fully saturated rings. The lowest BCUT2D eigenvalue weighted by Gasteiger charge is -2.24. The fourth-order valence-corrected chi connectivity index (χ4v) is 2.11. The molecular formula is C16H21NO2. The summed E-state index contributed by atoms with van der Waals surface area (Å²) in [6.07, 6.45) is 0.571. The molecule has 1 unspecified atom stereocenters. The van der Waals surface area contributed by atoms with Gasteiger partial charge in [-0.25, -0.2) is 0 Å². The molecule has 1 aromatic carbocycles. The van der Waals surface area contributed by atoms with Crippen LogP contribution in [0.15, 0.2) is 34.7 Å². The Kier molecular flexibility index (Phi) is 3.93. The van der Waals surface area contributed by atoms with Gasteiger partial charge in [-0.15, -0.1) is 0 Å². The number of nitrogens with zero attached hydrogens (tertiary/aromatic N) is 1. The number of fused-ring (bicyclic) bond motifs is 1. The molecule has 0 spiro atoms. The molecule has 1 atom stereocenters. The van der Waals surface area contributed by atoms with Crippen molar-refractivity contribution in [2.45, 2.75) is 33.2 Å². The molecule has 0 aliphatic carbocycles. The number of para-hydroxylation sites is 1. The highest BCUT2D eigenvalue weighted by Gasteiger charge is 2.21. The van der Waals surface area contributed by atoms with Gasteiger partial charge in [-0.3, -0.25) is 4.79 Å². The summed E-state index contributed by atoms with van der Waals surface area (Å²) in [6.45, 7) is 6.10. The van der Waals surface area contributed by atoms with Gasteiger partial charge >= 0.3 is 0 Å². The van der Waals surface area contributed by atoms with Gasteiger partial charge in [0.1, 0.15) is 11.3 Å². The topological polar surface area (TPSA) is 33.5 Å². The summed E-state index contributed by atoms with van der Waals surface area (Å²) < 4.78 is 5.81. The summed E-state index contributed by atoms with van der Waals surface area (Å²) in [7, 11) is 1.84. The first-order chi connectivity index (χ1) is 8.99. The Morgan fingerprint density at radius 2 is 1.95 bits per heavy atom. The molecule has 1 aromatic heterocycles. The zero-order valence-electron chi connectivity index (χ0n) is 12.0. The number of hydrogen-bond acceptors (Lipinski definition) is 2. The van der Waals surface area contributed by atoms with Crippen molar-refractivity contribution < 1.29 is 9.21 Å². The minimum absolute atomic E-state index is 0.0429. The zero-order chi connectivity index (χ0) is 14.0. The number of hydrogen-bond donors (Lipinski definition) is 0. The van der Waals surface area contributed by atoms with Crippen molar-refractivity contribution in [3.8, 4) is 0 Å². The van der Waals surface area contributed by atoms with Gasteiger partial charge in [-0.2, -0.15) is 0 Å². The van der Waals surface area contributed by atoms with E-state index in [9.17, 15) is 4.79 Å². The van der Waals surface area contributed by atoms with E-state index >= 15 is 0 Å². The Balaban J connectivity index is 2.18. The quantitative estimate of drug-likeness (QED) is 0.831. The SMILES string of the molecule is CC(C)CC(=O)N(C)C(C)c1cc2ccccc2o1. The van der Waals surface area contributed by atoms with Crippen LogP contribution >= 0.6 is 0 Å². The Hall–Kier alpha value is -1.77. The second-order valence-corrected chi connectivity index (χ2v) is 5.47. The molecule has 2 aromatic rings. The van der Waals surface area contributed by atoms with E-state index in [0.29, 0.717) is 12.3 Å². The maximum atomic E-state index is 12.1. The van der Waals surface area contributed by atoms with E-state index < -0.39 is 0 Å². The van der Waals surface area contributed by atoms with Crippen LogP contribution in [0, 0.1) is 5.92 Å². The van der Waals surface area contributed by atoms with Crippen LogP contribution in [0.2, 0.25) is 0 Å². The highest BCUT2D eigenvalue weighted by atomic mass is 16.3. The maximum Gasteiger partial charge on any atom is 0.223 e. The minimum atomic E-state index is -0.0429. The van der Waals surface area contributed by atoms with Gasteiger partial charge < -0.3 is 9.32 Å². The normalized spacial score (nSPS) is 12.9. The van der Waals surface area contributed by atoms with Crippen LogP contribution in [0.5, 0.6) is 0 Å². The summed E-state index contributed by atoms with van der Waals surface area (Å²) in [4.78, 5) is 13.8. The average Bonchev–Trinajstić information content (AvgIpc) is 2.79. The summed E-state index contributed by atoms with van der Waals surface area (Å²) >= 11 is 0. The number of amides is 1. The van der Waals surface area contributed by atoms with Gasteiger partial charge in [0.05, 0.1) is 6.04 Å². The number of carbonyl (C=O) groups excluding carboxylic acids is 1. The molecule has 0 N–H and O–H groups in total. The molecule has 0 aliphatic rings. The lowest BCUT2D eigenvalue weighted by atomic mass is 10.1. The average molecular weight is 259 g/mol. The highest BCUT2D eigenvalue weighted by molar-refractivity contribution is 5.79. The third-order valence-electron chi connectivity index (χ3n) is 3.41. The molecule has 19 heavy (non-hydrogen) atoms. The predicted octanol–water partition coefficient (Wildman–Crippen LogP) is 4.00. The number of carbonyl (C=O) groups is 1. The van der Waals surface area contributed by atoms with Gasteiger partial charge in [0.25, 0.3) is 0 Å². The molecule has 3 heteroatoms. The van der Waals surface area contributed by atoms with Gasteiger partial charge in [0.15, 0.2) is 0 Å². The predicted molar refractivity (Wildman–Crippen MR) is 76.9 cm³/mol. The van der Waals surface area contributed by atoms with E-state index in [0.717, 1.165) is 16.7 Å². The number of rotatable bonds is 4. The van der Waals surface area contributed by atoms with E-state index in [4.69, 9.17) is 4.42 Å². The molecule has 0 aliphatic heterocycles. The van der Waals surface area contributed by atoms with Crippen LogP contribution in [0.1, 0.15) is 39.0 Å². The molecular weight excluding hydrogens is 238 g/mol. The van der Waals surface area contributed by atoms with Crippen molar-refractivity contribution in [1.82, 2.24) is 4.90 Å². The monoisotopic (exact) mass is 259 g/mol. The van der Waals surface area contributed by atoms with Crippen LogP contribution in [-0.4, -0.2) is 17.9 Å². The summed E-state index contributed by atoms with van der Waals surface area (Å²) in [5.74, 6) is 1.36. The maximum absolute atomic E-state index is 12.1. The lowest BCUT2D eigenvalue weighted by molar-refractivity contribution is -0.132. The number of benzene rings is 1. The largest absolute Gasteiger partial charge is 0.459 e. The lowest BCUT2D eigenvalue weighted by Crippen LogP contribution is -2.30. The van der Waals surface area contributed by atoms with Gasteiger partial charge in [-0.1, -0.05) is 32.0 Å². The minimum Gasteiger partial charge on any atom is -0.459 e. The van der Waals surface area contributed by atoms with E-state index in [1.807, 2.05) is 44.3 Å². The molecule has 2 rings (SSSR count). The fourth-order valence-electron chi connectivity index (χ4n) is 2.11. The first kappa shape index (κ1) is 13.7. The second kappa shape index (κ2) is 5.47. The first-order valence-electron chi connectivity index (χ1n) is 6.73. The molecule has 1 amide bonds. The standard InChI is InChI=1S/C16H21NO2/c1-11(2)9-16(18)17(4)12(3)15-10-13-7-5-6-8-14(13)19-15/h5-8,10-12H,9H2,1-4H3. The van der Waals surface area contributed by atoms with Crippen LogP contribution < -0.4 is 0 Å². The molecule has 0 bridgehead atoms. The van der Waals surface area contributed by atoms with Crippen LogP contribution in [0.3, 0.4) is 0 Å². The van der Waals surface area contributed by atoms with Crippen LogP contribution in [0.4, 0.5) is 0 Å². The molecule has 1 heterocycles. The van der Waals surface area contributed by atoms with Crippen molar-refractivity contribution in [2.75, 3.05) is 7.05 Å². The van der Waals surface area contributed by atoms with Crippen molar-refractivity contribution in [3.63, 3.8) is 0 Å². The van der Waals surface area contributed by atoms with E-state index in [-0.39, 0.29) is 11.9 Å². The summed E-state index contributed by atoms with van der Waals surface area (Å²) in [6, 6.07) is 9.87. The Morgan fingerprint density at radius 3 is 2.58 bits per heavy atom. The van der Waals surface area contributed by atoms with Crippen LogP contribution in [-0.2, 0) is 4.79 Å². The van der Waals surface area contributed by atoms with E-state index in [2.05, 4.69) is 13.8 Å². The molecule has 3 nitrogen and oxygen atoms in total. The summed E-state index contributed by atoms with van der Waals surface area (Å²) in [5.41, 5.74) is 0.869. The first-order valence-corrected chi connectivity index (χ1v) is 6.73. The van der Waals surface area contributed by atoms with Crippen LogP contribution in [0.25, 0.3) is 11.0 Å². The van der Waals surface area contributed by atoms with Crippen molar-refractivity contribution in [2.24, 2.45) is 5.92 Å². The van der Waals surface area contributed by atoms with Crippen molar-refractivity contribution in [1.29, 1.82) is 0 Å². The smallest absolute Gasteiger partial charge is 0.223 e. The molecule has 0 saturated heterocycles. The summed E-state index contributed by atoms with van der Waals surface area (Å²) in [5, 5.41) is 1.08. The molecule has 0 radical (unpaired) electrons. The zero-order valence-corrected chi connectivity index (χ0v) is 12.0. The van der Waals surface area contributed by atoms with E-state index in [1.54, 1.807) is 4.90 Å².